The van der Waals surface area contributed by atoms with E-state index in [1.54, 1.807) is 25.3 Å². The summed E-state index contributed by atoms with van der Waals surface area (Å²) in [4.78, 5) is 15.4. The van der Waals surface area contributed by atoms with Crippen LogP contribution in [0.5, 0.6) is 0 Å². The van der Waals surface area contributed by atoms with Crippen molar-refractivity contribution in [3.63, 3.8) is 0 Å². The summed E-state index contributed by atoms with van der Waals surface area (Å²) in [5.41, 5.74) is 2.68. The summed E-state index contributed by atoms with van der Waals surface area (Å²) in [5, 5.41) is 3.57. The highest BCUT2D eigenvalue weighted by molar-refractivity contribution is 6.12. The van der Waals surface area contributed by atoms with Gasteiger partial charge in [0, 0.05) is 28.4 Å². The second kappa shape index (κ2) is 4.81. The lowest BCUT2D eigenvalue weighted by Crippen LogP contribution is -2.12. The minimum absolute atomic E-state index is 0.250. The van der Waals surface area contributed by atoms with Crippen LogP contribution in [0.3, 0.4) is 0 Å². The third-order valence-corrected chi connectivity index (χ3v) is 3.14. The van der Waals surface area contributed by atoms with Gasteiger partial charge in [-0.2, -0.15) is 0 Å². The van der Waals surface area contributed by atoms with Crippen molar-refractivity contribution in [1.29, 1.82) is 0 Å². The first kappa shape index (κ1) is 12.4. The summed E-state index contributed by atoms with van der Waals surface area (Å²) in [5.74, 6) is -0.611. The second-order valence-electron chi connectivity index (χ2n) is 4.72. The fraction of sp³-hybridized carbons (Fsp3) is 0.0625. The van der Waals surface area contributed by atoms with Crippen molar-refractivity contribution in [2.45, 2.75) is 6.92 Å². The van der Waals surface area contributed by atoms with Crippen molar-refractivity contribution in [1.82, 2.24) is 4.98 Å². The van der Waals surface area contributed by atoms with E-state index >= 15 is 0 Å². The van der Waals surface area contributed by atoms with Crippen LogP contribution in [0.1, 0.15) is 15.9 Å². The van der Waals surface area contributed by atoms with E-state index in [9.17, 15) is 9.18 Å². The van der Waals surface area contributed by atoms with Gasteiger partial charge in [-0.1, -0.05) is 6.07 Å². The van der Waals surface area contributed by atoms with E-state index in [2.05, 4.69) is 10.3 Å². The Labute approximate surface area is 115 Å². The molecule has 3 aromatic rings. The van der Waals surface area contributed by atoms with E-state index in [1.165, 1.54) is 12.1 Å². The van der Waals surface area contributed by atoms with E-state index in [-0.39, 0.29) is 11.7 Å². The van der Waals surface area contributed by atoms with Gasteiger partial charge < -0.3 is 10.3 Å². The van der Waals surface area contributed by atoms with Crippen LogP contribution >= 0.6 is 0 Å². The number of carbonyl (C=O) groups is 1. The third-order valence-electron chi connectivity index (χ3n) is 3.14. The molecule has 0 spiro atoms. The zero-order chi connectivity index (χ0) is 14.1. The van der Waals surface area contributed by atoms with Crippen LogP contribution in [0.4, 0.5) is 10.1 Å². The Morgan fingerprint density at radius 2 is 2.05 bits per heavy atom. The van der Waals surface area contributed by atoms with Crippen molar-refractivity contribution in [2.24, 2.45) is 0 Å². The van der Waals surface area contributed by atoms with Gasteiger partial charge >= 0.3 is 0 Å². The molecule has 3 nitrogen and oxygen atoms in total. The molecule has 0 atom stereocenters. The average Bonchev–Trinajstić information content (AvgIpc) is 2.85. The SMILES string of the molecule is Cc1cc(F)cc(NC(=O)c2cccc3[nH]ccc23)c1. The average molecular weight is 268 g/mol. The maximum absolute atomic E-state index is 13.3. The topological polar surface area (TPSA) is 44.9 Å². The molecular formula is C16H13FN2O. The number of amides is 1. The molecule has 0 aliphatic carbocycles. The Morgan fingerprint density at radius 3 is 2.85 bits per heavy atom. The molecular weight excluding hydrogens is 255 g/mol. The van der Waals surface area contributed by atoms with Gasteiger partial charge in [0.05, 0.1) is 0 Å². The molecule has 100 valence electrons. The van der Waals surface area contributed by atoms with Crippen LogP contribution in [0.2, 0.25) is 0 Å². The van der Waals surface area contributed by atoms with Crippen LogP contribution < -0.4 is 5.32 Å². The van der Waals surface area contributed by atoms with Crippen LogP contribution in [0, 0.1) is 12.7 Å². The van der Waals surface area contributed by atoms with Gasteiger partial charge in [-0.25, -0.2) is 4.39 Å². The van der Waals surface area contributed by atoms with Gasteiger partial charge in [0.25, 0.3) is 5.91 Å². The van der Waals surface area contributed by atoms with Gasteiger partial charge in [0.1, 0.15) is 5.82 Å². The maximum Gasteiger partial charge on any atom is 0.256 e. The number of rotatable bonds is 2. The number of aromatic nitrogens is 1. The number of aromatic amines is 1. The Kier molecular flexibility index (Phi) is 2.99. The minimum Gasteiger partial charge on any atom is -0.361 e. The van der Waals surface area contributed by atoms with Crippen molar-refractivity contribution in [3.8, 4) is 0 Å². The van der Waals surface area contributed by atoms with Gasteiger partial charge in [-0.15, -0.1) is 0 Å². The van der Waals surface area contributed by atoms with E-state index in [0.29, 0.717) is 11.3 Å². The highest BCUT2D eigenvalue weighted by atomic mass is 19.1. The number of H-pyrrole nitrogens is 1. The smallest absolute Gasteiger partial charge is 0.256 e. The number of aryl methyl sites for hydroxylation is 1. The van der Waals surface area contributed by atoms with E-state index in [0.717, 1.165) is 16.5 Å². The lowest BCUT2D eigenvalue weighted by molar-refractivity contribution is 0.102. The summed E-state index contributed by atoms with van der Waals surface area (Å²) in [6.45, 7) is 1.78. The van der Waals surface area contributed by atoms with Gasteiger partial charge in [0.2, 0.25) is 0 Å². The van der Waals surface area contributed by atoms with Crippen LogP contribution in [0.15, 0.2) is 48.7 Å². The molecule has 0 saturated carbocycles. The quantitative estimate of drug-likeness (QED) is 0.728. The Bertz CT molecular complexity index is 772. The van der Waals surface area contributed by atoms with Crippen molar-refractivity contribution in [3.05, 3.63) is 65.6 Å². The lowest BCUT2D eigenvalue weighted by Gasteiger charge is -2.07. The predicted octanol–water partition coefficient (Wildman–Crippen LogP) is 3.87. The standard InChI is InChI=1S/C16H13FN2O/c1-10-7-11(17)9-12(8-10)19-16(20)14-3-2-4-15-13(14)5-6-18-15/h2-9,18H,1H3,(H,19,20). The first-order valence-corrected chi connectivity index (χ1v) is 6.28. The minimum atomic E-state index is -0.361. The maximum atomic E-state index is 13.3. The molecule has 0 bridgehead atoms. The molecule has 0 aliphatic rings. The first-order valence-electron chi connectivity index (χ1n) is 6.28. The molecule has 1 heterocycles. The summed E-state index contributed by atoms with van der Waals surface area (Å²) >= 11 is 0. The fourth-order valence-electron chi connectivity index (χ4n) is 2.29. The molecule has 0 radical (unpaired) electrons. The number of hydrogen-bond donors (Lipinski definition) is 2. The van der Waals surface area contributed by atoms with Crippen LogP contribution in [0.25, 0.3) is 10.9 Å². The summed E-state index contributed by atoms with van der Waals surface area (Å²) in [7, 11) is 0. The van der Waals surface area contributed by atoms with Crippen molar-refractivity contribution < 1.29 is 9.18 Å². The molecule has 0 saturated heterocycles. The normalized spacial score (nSPS) is 10.7. The number of benzene rings is 2. The number of anilines is 1. The second-order valence-corrected chi connectivity index (χ2v) is 4.72. The van der Waals surface area contributed by atoms with Crippen molar-refractivity contribution in [2.75, 3.05) is 5.32 Å². The zero-order valence-corrected chi connectivity index (χ0v) is 10.9. The largest absolute Gasteiger partial charge is 0.361 e. The number of nitrogens with one attached hydrogen (secondary N) is 2. The highest BCUT2D eigenvalue weighted by Gasteiger charge is 2.11. The number of carbonyl (C=O) groups excluding carboxylic acids is 1. The molecule has 2 N–H and O–H groups in total. The highest BCUT2D eigenvalue weighted by Crippen LogP contribution is 2.20. The molecule has 0 fully saturated rings. The Morgan fingerprint density at radius 1 is 1.20 bits per heavy atom. The Hall–Kier alpha value is -2.62. The summed E-state index contributed by atoms with van der Waals surface area (Å²) in [6, 6.07) is 11.8. The molecule has 1 aromatic heterocycles. The molecule has 3 rings (SSSR count). The lowest BCUT2D eigenvalue weighted by atomic mass is 10.1. The fourth-order valence-corrected chi connectivity index (χ4v) is 2.29. The molecule has 2 aromatic carbocycles. The monoisotopic (exact) mass is 268 g/mol. The molecule has 1 amide bonds. The summed E-state index contributed by atoms with van der Waals surface area (Å²) in [6.07, 6.45) is 1.79. The van der Waals surface area contributed by atoms with Crippen LogP contribution in [-0.2, 0) is 0 Å². The Balaban J connectivity index is 1.95. The molecule has 20 heavy (non-hydrogen) atoms. The van der Waals surface area contributed by atoms with Crippen molar-refractivity contribution >= 4 is 22.5 Å². The van der Waals surface area contributed by atoms with E-state index < -0.39 is 0 Å². The molecule has 0 aliphatic heterocycles. The van der Waals surface area contributed by atoms with Crippen LogP contribution in [-0.4, -0.2) is 10.9 Å². The number of halogens is 1. The zero-order valence-electron chi connectivity index (χ0n) is 10.9. The van der Waals surface area contributed by atoms with E-state index in [4.69, 9.17) is 0 Å². The number of hydrogen-bond acceptors (Lipinski definition) is 1. The molecule has 4 heteroatoms. The van der Waals surface area contributed by atoms with E-state index in [1.807, 2.05) is 18.2 Å². The molecule has 0 unspecified atom stereocenters. The van der Waals surface area contributed by atoms with Gasteiger partial charge in [0.15, 0.2) is 0 Å². The summed E-state index contributed by atoms with van der Waals surface area (Å²) < 4.78 is 13.3. The third kappa shape index (κ3) is 2.28. The van der Waals surface area contributed by atoms with Gasteiger partial charge in [-0.05, 0) is 48.9 Å². The number of fused-ring (bicyclic) bond motifs is 1. The predicted molar refractivity (Wildman–Crippen MR) is 77.4 cm³/mol. The van der Waals surface area contributed by atoms with Gasteiger partial charge in [-0.3, -0.25) is 4.79 Å². The first-order chi connectivity index (χ1) is 9.63.